The van der Waals surface area contributed by atoms with Gasteiger partial charge in [-0.3, -0.25) is 4.79 Å². The van der Waals surface area contributed by atoms with E-state index >= 15 is 0 Å². The molecule has 1 aromatic carbocycles. The summed E-state index contributed by atoms with van der Waals surface area (Å²) < 4.78 is 11.2. The minimum absolute atomic E-state index is 0.0164. The molecule has 1 unspecified atom stereocenters. The van der Waals surface area contributed by atoms with Crippen molar-refractivity contribution in [3.63, 3.8) is 0 Å². The highest BCUT2D eigenvalue weighted by Crippen LogP contribution is 2.44. The fraction of sp³-hybridized carbons (Fsp3) is 0.368. The van der Waals surface area contributed by atoms with Gasteiger partial charge in [-0.1, -0.05) is 18.1 Å². The van der Waals surface area contributed by atoms with Gasteiger partial charge >= 0.3 is 0 Å². The van der Waals surface area contributed by atoms with Crippen LogP contribution in [-0.4, -0.2) is 38.7 Å². The molecule has 0 bridgehead atoms. The van der Waals surface area contributed by atoms with Crippen LogP contribution in [0.4, 0.5) is 5.13 Å². The summed E-state index contributed by atoms with van der Waals surface area (Å²) in [5, 5.41) is 3.83. The quantitative estimate of drug-likeness (QED) is 0.818. The van der Waals surface area contributed by atoms with Gasteiger partial charge < -0.3 is 19.7 Å². The summed E-state index contributed by atoms with van der Waals surface area (Å²) in [6, 6.07) is 5.68. The highest BCUT2D eigenvalue weighted by atomic mass is 32.1. The van der Waals surface area contributed by atoms with E-state index < -0.39 is 0 Å². The van der Waals surface area contributed by atoms with Crippen molar-refractivity contribution in [2.24, 2.45) is 0 Å². The molecule has 0 fully saturated rings. The van der Waals surface area contributed by atoms with Crippen LogP contribution in [0.1, 0.15) is 28.5 Å². The SMILES string of the molecule is C#CCOc1c(OC)cccc1C1CC(=O)NCc2nc(N(C)C)sc21. The van der Waals surface area contributed by atoms with Crippen LogP contribution in [0.5, 0.6) is 11.5 Å². The first kappa shape index (κ1) is 18.1. The molecule has 0 saturated heterocycles. The van der Waals surface area contributed by atoms with Crippen LogP contribution in [0.3, 0.4) is 0 Å². The minimum atomic E-state index is -0.165. The van der Waals surface area contributed by atoms with Crippen LogP contribution in [0, 0.1) is 12.3 Å². The summed E-state index contributed by atoms with van der Waals surface area (Å²) >= 11 is 1.59. The third-order valence-electron chi connectivity index (χ3n) is 4.16. The normalized spacial score (nSPS) is 16.1. The number of para-hydroxylation sites is 1. The number of carbonyl (C=O) groups excluding carboxylic acids is 1. The van der Waals surface area contributed by atoms with E-state index in [1.807, 2.05) is 37.2 Å². The third kappa shape index (κ3) is 3.46. The second-order valence-corrected chi connectivity index (χ2v) is 7.12. The van der Waals surface area contributed by atoms with E-state index in [-0.39, 0.29) is 18.4 Å². The Morgan fingerprint density at radius 1 is 1.46 bits per heavy atom. The average Bonchev–Trinajstić information content (AvgIpc) is 3.00. The maximum absolute atomic E-state index is 12.3. The molecule has 136 valence electrons. The van der Waals surface area contributed by atoms with E-state index in [4.69, 9.17) is 15.9 Å². The number of terminal acetylenes is 1. The molecular formula is C19H21N3O3S. The molecule has 26 heavy (non-hydrogen) atoms. The molecule has 1 aliphatic rings. The fourth-order valence-electron chi connectivity index (χ4n) is 2.96. The number of methoxy groups -OCH3 is 1. The Hall–Kier alpha value is -2.72. The second-order valence-electron chi connectivity index (χ2n) is 6.11. The maximum Gasteiger partial charge on any atom is 0.221 e. The van der Waals surface area contributed by atoms with Gasteiger partial charge in [-0.15, -0.1) is 17.8 Å². The first-order chi connectivity index (χ1) is 12.5. The van der Waals surface area contributed by atoms with Crippen molar-refractivity contribution in [2.45, 2.75) is 18.9 Å². The monoisotopic (exact) mass is 371 g/mol. The van der Waals surface area contributed by atoms with Crippen molar-refractivity contribution in [1.29, 1.82) is 0 Å². The Morgan fingerprint density at radius 2 is 2.27 bits per heavy atom. The van der Waals surface area contributed by atoms with Gasteiger partial charge in [-0.05, 0) is 6.07 Å². The van der Waals surface area contributed by atoms with E-state index in [2.05, 4.69) is 16.2 Å². The first-order valence-electron chi connectivity index (χ1n) is 8.22. The Balaban J connectivity index is 2.13. The molecule has 0 aliphatic carbocycles. The van der Waals surface area contributed by atoms with Gasteiger partial charge in [-0.25, -0.2) is 4.98 Å². The van der Waals surface area contributed by atoms with Crippen LogP contribution in [0.15, 0.2) is 18.2 Å². The molecule has 0 radical (unpaired) electrons. The van der Waals surface area contributed by atoms with Gasteiger partial charge in [0.1, 0.15) is 6.61 Å². The molecule has 1 amide bonds. The molecular weight excluding hydrogens is 350 g/mol. The Labute approximate surface area is 157 Å². The Kier molecular flexibility index (Phi) is 5.33. The van der Waals surface area contributed by atoms with Crippen molar-refractivity contribution in [1.82, 2.24) is 10.3 Å². The number of benzene rings is 1. The molecule has 2 heterocycles. The van der Waals surface area contributed by atoms with Gasteiger partial charge in [0.15, 0.2) is 16.6 Å². The summed E-state index contributed by atoms with van der Waals surface area (Å²) in [5.41, 5.74) is 1.77. The molecule has 1 aliphatic heterocycles. The zero-order valence-electron chi connectivity index (χ0n) is 15.0. The summed E-state index contributed by atoms with van der Waals surface area (Å²) in [6.07, 6.45) is 5.68. The molecule has 2 aromatic rings. The van der Waals surface area contributed by atoms with Crippen molar-refractivity contribution < 1.29 is 14.3 Å². The molecule has 3 rings (SSSR count). The molecule has 6 nitrogen and oxygen atoms in total. The lowest BCUT2D eigenvalue weighted by atomic mass is 9.92. The molecule has 0 spiro atoms. The lowest BCUT2D eigenvalue weighted by Crippen LogP contribution is -2.21. The number of anilines is 1. The number of aromatic nitrogens is 1. The number of hydrogen-bond acceptors (Lipinski definition) is 6. The minimum Gasteiger partial charge on any atom is -0.493 e. The van der Waals surface area contributed by atoms with Crippen molar-refractivity contribution >= 4 is 22.4 Å². The zero-order valence-corrected chi connectivity index (χ0v) is 15.9. The smallest absolute Gasteiger partial charge is 0.221 e. The topological polar surface area (TPSA) is 63.7 Å². The summed E-state index contributed by atoms with van der Waals surface area (Å²) in [6.45, 7) is 0.560. The zero-order chi connectivity index (χ0) is 18.7. The van der Waals surface area contributed by atoms with E-state index in [9.17, 15) is 4.79 Å². The average molecular weight is 371 g/mol. The van der Waals surface area contributed by atoms with Crippen molar-refractivity contribution in [3.05, 3.63) is 34.3 Å². The number of thiazole rings is 1. The van der Waals surface area contributed by atoms with Gasteiger partial charge in [0.05, 0.1) is 19.3 Å². The lowest BCUT2D eigenvalue weighted by Gasteiger charge is -2.19. The fourth-order valence-corrected chi connectivity index (χ4v) is 4.08. The highest BCUT2D eigenvalue weighted by Gasteiger charge is 2.31. The number of carbonyl (C=O) groups is 1. The first-order valence-corrected chi connectivity index (χ1v) is 9.03. The molecule has 7 heteroatoms. The number of ether oxygens (including phenoxy) is 2. The van der Waals surface area contributed by atoms with Crippen LogP contribution in [0.2, 0.25) is 0 Å². The predicted octanol–water partition coefficient (Wildman–Crippen LogP) is 2.38. The van der Waals surface area contributed by atoms with Crippen LogP contribution in [0.25, 0.3) is 0 Å². The maximum atomic E-state index is 12.3. The van der Waals surface area contributed by atoms with E-state index in [0.29, 0.717) is 24.5 Å². The summed E-state index contributed by atoms with van der Waals surface area (Å²) in [7, 11) is 5.50. The highest BCUT2D eigenvalue weighted by molar-refractivity contribution is 7.15. The van der Waals surface area contributed by atoms with Crippen LogP contribution in [-0.2, 0) is 11.3 Å². The summed E-state index contributed by atoms with van der Waals surface area (Å²) in [4.78, 5) is 20.0. The van der Waals surface area contributed by atoms with Crippen LogP contribution >= 0.6 is 11.3 Å². The number of hydrogen-bond donors (Lipinski definition) is 1. The van der Waals surface area contributed by atoms with Gasteiger partial charge in [0, 0.05) is 36.9 Å². The number of nitrogens with zero attached hydrogens (tertiary/aromatic N) is 2. The van der Waals surface area contributed by atoms with Gasteiger partial charge in [0.25, 0.3) is 0 Å². The number of rotatable bonds is 5. The van der Waals surface area contributed by atoms with Gasteiger partial charge in [-0.2, -0.15) is 0 Å². The Morgan fingerprint density at radius 3 is 2.96 bits per heavy atom. The molecule has 1 N–H and O–H groups in total. The molecule has 1 atom stereocenters. The van der Waals surface area contributed by atoms with Gasteiger partial charge in [0.2, 0.25) is 5.91 Å². The van der Waals surface area contributed by atoms with Crippen molar-refractivity contribution in [2.75, 3.05) is 32.7 Å². The van der Waals surface area contributed by atoms with E-state index in [1.54, 1.807) is 18.4 Å². The van der Waals surface area contributed by atoms with Crippen molar-refractivity contribution in [3.8, 4) is 23.8 Å². The standard InChI is InChI=1S/C19H21N3O3S/c1-5-9-25-17-12(7-6-8-15(17)24-4)13-10-16(23)20-11-14-18(13)26-19(21-14)22(2)3/h1,6-8,13H,9-11H2,2-4H3,(H,20,23). The third-order valence-corrected chi connectivity index (χ3v) is 5.54. The van der Waals surface area contributed by atoms with Crippen LogP contribution < -0.4 is 19.7 Å². The van der Waals surface area contributed by atoms with E-state index in [1.165, 1.54) is 0 Å². The molecule has 1 aromatic heterocycles. The lowest BCUT2D eigenvalue weighted by molar-refractivity contribution is -0.121. The number of fused-ring (bicyclic) bond motifs is 1. The van der Waals surface area contributed by atoms with E-state index in [0.717, 1.165) is 21.3 Å². The summed E-state index contributed by atoms with van der Waals surface area (Å²) in [5.74, 6) is 3.48. The number of amides is 1. The molecule has 0 saturated carbocycles. The Bertz CT molecular complexity index is 854. The second kappa shape index (κ2) is 7.67. The number of nitrogens with one attached hydrogen (secondary N) is 1. The largest absolute Gasteiger partial charge is 0.493 e. The predicted molar refractivity (Wildman–Crippen MR) is 102 cm³/mol.